The fraction of sp³-hybridized carbons (Fsp3) is 0.611. The molecule has 130 valence electrons. The number of nitrogens with one attached hydrogen (secondary N) is 1. The zero-order valence-electron chi connectivity index (χ0n) is 14.5. The minimum atomic E-state index is -0.377. The van der Waals surface area contributed by atoms with Gasteiger partial charge in [0.2, 0.25) is 0 Å². The molecule has 0 aliphatic carbocycles. The van der Waals surface area contributed by atoms with Gasteiger partial charge in [0.25, 0.3) is 5.91 Å². The first-order valence-corrected chi connectivity index (χ1v) is 8.22. The third-order valence-electron chi connectivity index (χ3n) is 4.29. The second kappa shape index (κ2) is 8.67. The van der Waals surface area contributed by atoms with Gasteiger partial charge < -0.3 is 15.8 Å². The average Bonchev–Trinajstić information content (AvgIpc) is 2.96. The van der Waals surface area contributed by atoms with Crippen LogP contribution in [0.2, 0.25) is 0 Å². The number of carbonyl (C=O) groups excluding carboxylic acids is 1. The summed E-state index contributed by atoms with van der Waals surface area (Å²) in [6, 6.07) is 6.30. The molecule has 2 rings (SSSR count). The average molecular weight is 341 g/mol. The summed E-state index contributed by atoms with van der Waals surface area (Å²) < 4.78 is 5.67. The Morgan fingerprint density at radius 2 is 1.96 bits per heavy atom. The van der Waals surface area contributed by atoms with E-state index < -0.39 is 0 Å². The fourth-order valence-electron chi connectivity index (χ4n) is 2.82. The van der Waals surface area contributed by atoms with Crippen LogP contribution in [0.3, 0.4) is 0 Å². The minimum Gasteiger partial charge on any atom is -0.364 e. The smallest absolute Gasteiger partial charge is 0.253 e. The largest absolute Gasteiger partial charge is 0.364 e. The van der Waals surface area contributed by atoms with Crippen molar-refractivity contribution in [3.63, 3.8) is 0 Å². The maximum Gasteiger partial charge on any atom is 0.253 e. The molecule has 1 saturated heterocycles. The van der Waals surface area contributed by atoms with E-state index in [-0.39, 0.29) is 30.5 Å². The van der Waals surface area contributed by atoms with E-state index in [2.05, 4.69) is 45.1 Å². The van der Waals surface area contributed by atoms with Crippen LogP contribution in [-0.4, -0.2) is 24.7 Å². The van der Waals surface area contributed by atoms with Gasteiger partial charge in [-0.15, -0.1) is 12.4 Å². The number of halogens is 1. The summed E-state index contributed by atoms with van der Waals surface area (Å²) in [4.78, 5) is 12.4. The molecule has 0 radical (unpaired) electrons. The van der Waals surface area contributed by atoms with E-state index >= 15 is 0 Å². The molecule has 1 aliphatic heterocycles. The van der Waals surface area contributed by atoms with E-state index in [1.807, 2.05) is 6.07 Å². The number of hydrogen-bond acceptors (Lipinski definition) is 3. The van der Waals surface area contributed by atoms with Crippen LogP contribution >= 0.6 is 12.4 Å². The van der Waals surface area contributed by atoms with Gasteiger partial charge in [-0.2, -0.15) is 0 Å². The second-order valence-corrected chi connectivity index (χ2v) is 6.71. The summed E-state index contributed by atoms with van der Waals surface area (Å²) in [5.74, 6) is 0.774. The van der Waals surface area contributed by atoms with Crippen molar-refractivity contribution in [1.29, 1.82) is 0 Å². The lowest BCUT2D eigenvalue weighted by Gasteiger charge is -2.19. The van der Waals surface area contributed by atoms with Crippen molar-refractivity contribution in [3.05, 3.63) is 29.3 Å². The molecule has 5 heteroatoms. The number of carbonyl (C=O) groups is 1. The molecule has 0 saturated carbocycles. The molecule has 23 heavy (non-hydrogen) atoms. The normalized spacial score (nSPS) is 20.7. The number of hydrogen-bond donors (Lipinski definition) is 2. The number of nitrogens with two attached hydrogens (primary N) is 1. The van der Waals surface area contributed by atoms with Crippen molar-refractivity contribution in [1.82, 2.24) is 0 Å². The Morgan fingerprint density at radius 3 is 2.48 bits per heavy atom. The number of benzene rings is 1. The van der Waals surface area contributed by atoms with Gasteiger partial charge in [-0.1, -0.05) is 39.8 Å². The minimum absolute atomic E-state index is 0. The summed E-state index contributed by atoms with van der Waals surface area (Å²) in [6.07, 6.45) is 1.24. The van der Waals surface area contributed by atoms with Crippen molar-refractivity contribution in [2.24, 2.45) is 5.73 Å². The molecule has 1 amide bonds. The van der Waals surface area contributed by atoms with E-state index in [1.54, 1.807) is 0 Å². The lowest BCUT2D eigenvalue weighted by Crippen LogP contribution is -2.30. The van der Waals surface area contributed by atoms with Crippen LogP contribution in [-0.2, 0) is 9.53 Å². The summed E-state index contributed by atoms with van der Waals surface area (Å²) in [5.41, 5.74) is 8.96. The van der Waals surface area contributed by atoms with Crippen LogP contribution in [0.4, 0.5) is 5.69 Å². The Hall–Kier alpha value is -1.10. The maximum atomic E-state index is 12.4. The van der Waals surface area contributed by atoms with Crippen LogP contribution in [0.15, 0.2) is 18.2 Å². The van der Waals surface area contributed by atoms with E-state index in [4.69, 9.17) is 10.5 Å². The highest BCUT2D eigenvalue weighted by atomic mass is 35.5. The zero-order chi connectivity index (χ0) is 16.3. The maximum absolute atomic E-state index is 12.4. The van der Waals surface area contributed by atoms with Gasteiger partial charge in [0, 0.05) is 12.2 Å². The number of ether oxygens (including phenoxy) is 1. The van der Waals surface area contributed by atoms with E-state index in [9.17, 15) is 4.79 Å². The first-order chi connectivity index (χ1) is 10.4. The van der Waals surface area contributed by atoms with Gasteiger partial charge >= 0.3 is 0 Å². The first kappa shape index (κ1) is 19.9. The molecule has 1 aromatic rings. The Morgan fingerprint density at radius 1 is 1.26 bits per heavy atom. The van der Waals surface area contributed by atoms with Crippen LogP contribution in [0.25, 0.3) is 0 Å². The lowest BCUT2D eigenvalue weighted by molar-refractivity contribution is -0.126. The monoisotopic (exact) mass is 340 g/mol. The predicted octanol–water partition coefficient (Wildman–Crippen LogP) is 3.80. The lowest BCUT2D eigenvalue weighted by atomic mass is 9.94. The van der Waals surface area contributed by atoms with Gasteiger partial charge in [0.05, 0.1) is 6.10 Å². The third-order valence-corrected chi connectivity index (χ3v) is 4.29. The summed E-state index contributed by atoms with van der Waals surface area (Å²) in [5, 5.41) is 3.04. The molecule has 0 aromatic heterocycles. The molecule has 1 aromatic carbocycles. The molecule has 1 heterocycles. The van der Waals surface area contributed by atoms with Crippen LogP contribution < -0.4 is 11.1 Å². The molecule has 1 aliphatic rings. The quantitative estimate of drug-likeness (QED) is 0.856. The Bertz CT molecular complexity index is 532. The highest BCUT2D eigenvalue weighted by molar-refractivity contribution is 5.95. The highest BCUT2D eigenvalue weighted by Gasteiger charge is 2.30. The van der Waals surface area contributed by atoms with Crippen LogP contribution in [0.1, 0.15) is 63.5 Å². The van der Waals surface area contributed by atoms with Crippen LogP contribution in [0, 0.1) is 0 Å². The van der Waals surface area contributed by atoms with Crippen molar-refractivity contribution < 1.29 is 9.53 Å². The van der Waals surface area contributed by atoms with Crippen molar-refractivity contribution >= 4 is 24.0 Å². The topological polar surface area (TPSA) is 64.4 Å². The molecule has 0 unspecified atom stereocenters. The fourth-order valence-corrected chi connectivity index (χ4v) is 2.82. The Kier molecular flexibility index (Phi) is 7.52. The number of anilines is 1. The Balaban J connectivity index is 0.00000264. The van der Waals surface area contributed by atoms with Gasteiger partial charge in [0.15, 0.2) is 0 Å². The molecule has 1 fully saturated rings. The number of amides is 1. The highest BCUT2D eigenvalue weighted by Crippen LogP contribution is 2.29. The van der Waals surface area contributed by atoms with Gasteiger partial charge in [0.1, 0.15) is 6.10 Å². The van der Waals surface area contributed by atoms with Crippen molar-refractivity contribution in [2.75, 3.05) is 11.9 Å². The molecular formula is C18H29ClN2O2. The molecule has 3 N–H and O–H groups in total. The first-order valence-electron chi connectivity index (χ1n) is 8.22. The predicted molar refractivity (Wildman–Crippen MR) is 97.4 cm³/mol. The molecular weight excluding hydrogens is 312 g/mol. The summed E-state index contributed by atoms with van der Waals surface area (Å²) in [7, 11) is 0. The van der Waals surface area contributed by atoms with Crippen LogP contribution in [0.5, 0.6) is 0 Å². The number of rotatable bonds is 5. The van der Waals surface area contributed by atoms with E-state index in [0.29, 0.717) is 18.4 Å². The molecule has 0 bridgehead atoms. The van der Waals surface area contributed by atoms with E-state index in [1.165, 1.54) is 11.1 Å². The van der Waals surface area contributed by atoms with Gasteiger partial charge in [-0.05, 0) is 41.9 Å². The van der Waals surface area contributed by atoms with E-state index in [0.717, 1.165) is 18.5 Å². The second-order valence-electron chi connectivity index (χ2n) is 6.71. The molecule has 0 spiro atoms. The standard InChI is InChI=1S/C18H28N2O2.ClH/c1-11(2)13-5-7-16(15(9-13)12(3)4)20-18(21)17-8-6-14(10-19)22-17;/h5,7,9,11-12,14,17H,6,8,10,19H2,1-4H3,(H,20,21);1H/t14-,17+;/m1./s1. The van der Waals surface area contributed by atoms with Gasteiger partial charge in [-0.25, -0.2) is 0 Å². The molecule has 4 nitrogen and oxygen atoms in total. The third kappa shape index (κ3) is 4.93. The zero-order valence-corrected chi connectivity index (χ0v) is 15.3. The molecule has 2 atom stereocenters. The SMILES string of the molecule is CC(C)c1ccc(NC(=O)[C@@H]2CC[C@H](CN)O2)c(C(C)C)c1.Cl. The Labute approximate surface area is 145 Å². The van der Waals surface area contributed by atoms with Crippen molar-refractivity contribution in [2.45, 2.75) is 64.6 Å². The summed E-state index contributed by atoms with van der Waals surface area (Å²) in [6.45, 7) is 9.12. The summed E-state index contributed by atoms with van der Waals surface area (Å²) >= 11 is 0. The van der Waals surface area contributed by atoms with Crippen molar-refractivity contribution in [3.8, 4) is 0 Å². The van der Waals surface area contributed by atoms with Gasteiger partial charge in [-0.3, -0.25) is 4.79 Å².